The van der Waals surface area contributed by atoms with Gasteiger partial charge in [-0.05, 0) is 46.6 Å². The minimum Gasteiger partial charge on any atom is -0.376 e. The molecule has 3 rings (SSSR count). The molecule has 0 saturated carbocycles. The molecule has 30 heavy (non-hydrogen) atoms. The highest BCUT2D eigenvalue weighted by atomic mass is 32.2. The van der Waals surface area contributed by atoms with E-state index in [1.54, 1.807) is 0 Å². The van der Waals surface area contributed by atoms with E-state index < -0.39 is 0 Å². The van der Waals surface area contributed by atoms with Crippen molar-refractivity contribution in [2.45, 2.75) is 70.2 Å². The molecule has 0 radical (unpaired) electrons. The molecular formula is C23H33N3O3S. The van der Waals surface area contributed by atoms with Gasteiger partial charge < -0.3 is 19.5 Å². The molecule has 2 heterocycles. The van der Waals surface area contributed by atoms with Gasteiger partial charge in [0, 0.05) is 47.2 Å². The van der Waals surface area contributed by atoms with E-state index in [0.29, 0.717) is 18.8 Å². The Balaban J connectivity index is 1.67. The summed E-state index contributed by atoms with van der Waals surface area (Å²) in [5, 5.41) is 4.04. The number of aromatic nitrogens is 1. The molecule has 2 aromatic rings. The Kier molecular flexibility index (Phi) is 7.83. The van der Waals surface area contributed by atoms with Crippen LogP contribution < -0.4 is 5.32 Å². The van der Waals surface area contributed by atoms with Gasteiger partial charge in [0.05, 0.1) is 11.9 Å². The normalized spacial score (nSPS) is 16.5. The zero-order valence-electron chi connectivity index (χ0n) is 18.4. The number of thioether (sulfide) groups is 1. The molecule has 0 bridgehead atoms. The van der Waals surface area contributed by atoms with Crippen LogP contribution in [0.5, 0.6) is 0 Å². The lowest BCUT2D eigenvalue weighted by Gasteiger charge is -2.31. The van der Waals surface area contributed by atoms with Gasteiger partial charge in [0.15, 0.2) is 0 Å². The molecule has 0 spiro atoms. The van der Waals surface area contributed by atoms with Crippen LogP contribution in [0.25, 0.3) is 10.9 Å². The number of para-hydroxylation sites is 1. The van der Waals surface area contributed by atoms with E-state index in [0.717, 1.165) is 35.2 Å². The van der Waals surface area contributed by atoms with Crippen LogP contribution in [0.2, 0.25) is 0 Å². The quantitative estimate of drug-likeness (QED) is 0.615. The Morgan fingerprint density at radius 1 is 1.23 bits per heavy atom. The first kappa shape index (κ1) is 22.7. The van der Waals surface area contributed by atoms with Crippen LogP contribution >= 0.6 is 11.8 Å². The van der Waals surface area contributed by atoms with Crippen LogP contribution in [-0.4, -0.2) is 58.4 Å². The third kappa shape index (κ3) is 5.58. The summed E-state index contributed by atoms with van der Waals surface area (Å²) in [6.45, 7) is 9.84. The molecule has 1 aliphatic heterocycles. The third-order valence-corrected chi connectivity index (χ3v) is 6.41. The number of carbonyl (C=O) groups excluding carboxylic acids is 2. The van der Waals surface area contributed by atoms with Gasteiger partial charge in [0.2, 0.25) is 11.8 Å². The SMILES string of the molecule is CC(C)N(C(=O)Cn1cc(SCC(=O)NC[C@@H]2CCCO2)c2ccccc21)C(C)C. The van der Waals surface area contributed by atoms with Crippen LogP contribution in [0.4, 0.5) is 0 Å². The third-order valence-electron chi connectivity index (χ3n) is 5.37. The Hall–Kier alpha value is -1.99. The number of rotatable bonds is 9. The molecule has 2 amide bonds. The maximum absolute atomic E-state index is 12.9. The lowest BCUT2D eigenvalue weighted by Crippen LogP contribution is -2.43. The molecule has 0 aliphatic carbocycles. The summed E-state index contributed by atoms with van der Waals surface area (Å²) in [4.78, 5) is 28.2. The Morgan fingerprint density at radius 3 is 2.63 bits per heavy atom. The lowest BCUT2D eigenvalue weighted by molar-refractivity contribution is -0.135. The van der Waals surface area contributed by atoms with Crippen molar-refractivity contribution in [3.05, 3.63) is 30.5 Å². The second-order valence-corrected chi connectivity index (χ2v) is 9.37. The minimum absolute atomic E-state index is 0.00852. The van der Waals surface area contributed by atoms with Gasteiger partial charge in [0.1, 0.15) is 6.54 Å². The summed E-state index contributed by atoms with van der Waals surface area (Å²) < 4.78 is 7.56. The first-order valence-electron chi connectivity index (χ1n) is 10.8. The lowest BCUT2D eigenvalue weighted by atomic mass is 10.2. The largest absolute Gasteiger partial charge is 0.376 e. The molecule has 1 aromatic heterocycles. The van der Waals surface area contributed by atoms with Gasteiger partial charge in [0.25, 0.3) is 0 Å². The van der Waals surface area contributed by atoms with Gasteiger partial charge in [-0.3, -0.25) is 9.59 Å². The Morgan fingerprint density at radius 2 is 1.97 bits per heavy atom. The summed E-state index contributed by atoms with van der Waals surface area (Å²) in [7, 11) is 0. The van der Waals surface area contributed by atoms with Gasteiger partial charge in [-0.1, -0.05) is 18.2 Å². The minimum atomic E-state index is 0.00852. The van der Waals surface area contributed by atoms with Gasteiger partial charge in [-0.15, -0.1) is 11.8 Å². The van der Waals surface area contributed by atoms with E-state index in [2.05, 4.69) is 5.32 Å². The number of benzene rings is 1. The second-order valence-electron chi connectivity index (χ2n) is 8.35. The standard InChI is InChI=1S/C23H33N3O3S/c1-16(2)26(17(3)4)23(28)14-25-13-21(19-9-5-6-10-20(19)25)30-15-22(27)24-12-18-8-7-11-29-18/h5-6,9-10,13,16-18H,7-8,11-12,14-15H2,1-4H3,(H,24,27)/t18-/m0/s1. The number of ether oxygens (including phenoxy) is 1. The van der Waals surface area contributed by atoms with Crippen LogP contribution in [0, 0.1) is 0 Å². The molecule has 1 N–H and O–H groups in total. The molecule has 1 fully saturated rings. The zero-order valence-corrected chi connectivity index (χ0v) is 19.2. The molecule has 164 valence electrons. The molecule has 6 nitrogen and oxygen atoms in total. The average Bonchev–Trinajstić information content (AvgIpc) is 3.32. The topological polar surface area (TPSA) is 63.6 Å². The summed E-state index contributed by atoms with van der Waals surface area (Å²) in [5.74, 6) is 0.458. The monoisotopic (exact) mass is 431 g/mol. The van der Waals surface area contributed by atoms with Crippen LogP contribution in [0.15, 0.2) is 35.4 Å². The summed E-state index contributed by atoms with van der Waals surface area (Å²) in [6.07, 6.45) is 4.23. The number of carbonyl (C=O) groups is 2. The zero-order chi connectivity index (χ0) is 21.7. The summed E-state index contributed by atoms with van der Waals surface area (Å²) >= 11 is 1.51. The predicted molar refractivity (Wildman–Crippen MR) is 122 cm³/mol. The van der Waals surface area contributed by atoms with Gasteiger partial charge >= 0.3 is 0 Å². The van der Waals surface area contributed by atoms with Crippen molar-refractivity contribution in [3.8, 4) is 0 Å². The van der Waals surface area contributed by atoms with Gasteiger partial charge in [-0.2, -0.15) is 0 Å². The van der Waals surface area contributed by atoms with E-state index in [4.69, 9.17) is 4.74 Å². The molecule has 1 aromatic carbocycles. The molecular weight excluding hydrogens is 398 g/mol. The molecule has 1 aliphatic rings. The van der Waals surface area contributed by atoms with E-state index in [9.17, 15) is 9.59 Å². The summed E-state index contributed by atoms with van der Waals surface area (Å²) in [6, 6.07) is 8.35. The summed E-state index contributed by atoms with van der Waals surface area (Å²) in [5.41, 5.74) is 1.01. The van der Waals surface area contributed by atoms with Crippen molar-refractivity contribution in [2.24, 2.45) is 0 Å². The van der Waals surface area contributed by atoms with E-state index in [1.807, 2.05) is 67.6 Å². The van der Waals surface area contributed by atoms with E-state index >= 15 is 0 Å². The average molecular weight is 432 g/mol. The van der Waals surface area contributed by atoms with Crippen LogP contribution in [0.1, 0.15) is 40.5 Å². The molecule has 7 heteroatoms. The highest BCUT2D eigenvalue weighted by molar-refractivity contribution is 8.00. The van der Waals surface area contributed by atoms with E-state index in [-0.39, 0.29) is 30.0 Å². The molecule has 1 saturated heterocycles. The van der Waals surface area contributed by atoms with Gasteiger partial charge in [-0.25, -0.2) is 0 Å². The van der Waals surface area contributed by atoms with E-state index in [1.165, 1.54) is 11.8 Å². The smallest absolute Gasteiger partial charge is 0.242 e. The maximum Gasteiger partial charge on any atom is 0.242 e. The highest BCUT2D eigenvalue weighted by Crippen LogP contribution is 2.30. The second kappa shape index (κ2) is 10.4. The fraction of sp³-hybridized carbons (Fsp3) is 0.565. The fourth-order valence-electron chi connectivity index (χ4n) is 4.09. The Labute approximate surface area is 183 Å². The van der Waals surface area contributed by atoms with Crippen molar-refractivity contribution >= 4 is 34.5 Å². The van der Waals surface area contributed by atoms with Crippen molar-refractivity contribution in [1.29, 1.82) is 0 Å². The molecule has 1 atom stereocenters. The predicted octanol–water partition coefficient (Wildman–Crippen LogP) is 3.67. The number of hydrogen-bond donors (Lipinski definition) is 1. The van der Waals surface area contributed by atoms with Crippen molar-refractivity contribution in [3.63, 3.8) is 0 Å². The number of amides is 2. The Bertz CT molecular complexity index is 864. The van der Waals surface area contributed by atoms with Crippen LogP contribution in [-0.2, 0) is 20.9 Å². The van der Waals surface area contributed by atoms with Crippen molar-refractivity contribution in [1.82, 2.24) is 14.8 Å². The molecule has 0 unspecified atom stereocenters. The highest BCUT2D eigenvalue weighted by Gasteiger charge is 2.22. The van der Waals surface area contributed by atoms with Crippen LogP contribution in [0.3, 0.4) is 0 Å². The number of fused-ring (bicyclic) bond motifs is 1. The maximum atomic E-state index is 12.9. The number of nitrogens with one attached hydrogen (secondary N) is 1. The number of hydrogen-bond acceptors (Lipinski definition) is 4. The van der Waals surface area contributed by atoms with Crippen molar-refractivity contribution < 1.29 is 14.3 Å². The fourth-order valence-corrected chi connectivity index (χ4v) is 5.00. The van der Waals surface area contributed by atoms with Crippen molar-refractivity contribution in [2.75, 3.05) is 18.9 Å². The number of nitrogens with zero attached hydrogens (tertiary/aromatic N) is 2. The first-order valence-corrected chi connectivity index (χ1v) is 11.8. The first-order chi connectivity index (χ1) is 14.4.